The van der Waals surface area contributed by atoms with Crippen LogP contribution in [-0.2, 0) is 13.5 Å². The van der Waals surface area contributed by atoms with Crippen molar-refractivity contribution in [2.45, 2.75) is 31.8 Å². The summed E-state index contributed by atoms with van der Waals surface area (Å²) in [5.74, 6) is -0.181. The molecule has 0 amide bonds. The smallest absolute Gasteiger partial charge is 0.126 e. The van der Waals surface area contributed by atoms with Gasteiger partial charge in [0, 0.05) is 32.0 Å². The molecule has 2 unspecified atom stereocenters. The third-order valence-electron chi connectivity index (χ3n) is 5.23. The number of aryl methyl sites for hydroxylation is 3. The third-order valence-corrected chi connectivity index (χ3v) is 5.23. The maximum atomic E-state index is 13.9. The number of halogens is 1. The van der Waals surface area contributed by atoms with Crippen molar-refractivity contribution in [2.75, 3.05) is 7.05 Å². The average molecular weight is 393 g/mol. The van der Waals surface area contributed by atoms with Gasteiger partial charge >= 0.3 is 0 Å². The highest BCUT2D eigenvalue weighted by molar-refractivity contribution is 5.30. The molecule has 2 aromatic carbocycles. The molecular weight excluding hydrogens is 363 g/mol. The molecule has 3 rings (SSSR count). The van der Waals surface area contributed by atoms with Crippen LogP contribution < -0.4 is 10.6 Å². The zero-order valence-corrected chi connectivity index (χ0v) is 17.3. The number of aromatic nitrogens is 2. The molecule has 2 atom stereocenters. The van der Waals surface area contributed by atoms with Gasteiger partial charge in [0.2, 0.25) is 0 Å². The van der Waals surface area contributed by atoms with Gasteiger partial charge in [-0.25, -0.2) is 4.39 Å². The minimum absolute atomic E-state index is 0.0322. The van der Waals surface area contributed by atoms with Crippen molar-refractivity contribution in [1.29, 1.82) is 0 Å². The molecule has 1 heterocycles. The van der Waals surface area contributed by atoms with E-state index in [0.717, 1.165) is 29.7 Å². The first-order chi connectivity index (χ1) is 14.0. The van der Waals surface area contributed by atoms with Crippen LogP contribution in [0.5, 0.6) is 0 Å². The number of nitrogens with zero attached hydrogens (tertiary/aromatic N) is 2. The molecule has 0 spiro atoms. The van der Waals surface area contributed by atoms with Crippen LogP contribution in [0.4, 0.5) is 4.39 Å². The van der Waals surface area contributed by atoms with E-state index in [2.05, 4.69) is 34.4 Å². The topological polar surface area (TPSA) is 41.9 Å². The summed E-state index contributed by atoms with van der Waals surface area (Å²) in [4.78, 5) is 0. The number of likely N-dealkylation sites (N-methyl/N-ethyl adjacent to an activating group) is 1. The van der Waals surface area contributed by atoms with E-state index in [9.17, 15) is 4.39 Å². The van der Waals surface area contributed by atoms with Crippen molar-refractivity contribution in [3.8, 4) is 0 Å². The number of hydrogen-bond acceptors (Lipinski definition) is 3. The van der Waals surface area contributed by atoms with Gasteiger partial charge in [-0.15, -0.1) is 0 Å². The highest BCUT2D eigenvalue weighted by atomic mass is 19.1. The van der Waals surface area contributed by atoms with Crippen molar-refractivity contribution >= 4 is 0 Å². The first kappa shape index (κ1) is 20.8. The standard InChI is InChI=1S/C24H29FN4/c1-17-14-21(11-12-22(17)25)23(13-10-19-15-27-29(4)16-19)28-24(18(2)26-3)20-8-6-5-7-9-20/h5-9,11-12,14-16,23-24,26,28H,2,10,13H2,1,3-4H3. The summed E-state index contributed by atoms with van der Waals surface area (Å²) in [5.41, 5.74) is 4.93. The molecule has 0 radical (unpaired) electrons. The molecule has 0 fully saturated rings. The van der Waals surface area contributed by atoms with Crippen LogP contribution in [0.1, 0.15) is 40.8 Å². The van der Waals surface area contributed by atoms with Gasteiger partial charge in [0.15, 0.2) is 0 Å². The van der Waals surface area contributed by atoms with E-state index in [1.54, 1.807) is 13.0 Å². The lowest BCUT2D eigenvalue weighted by atomic mass is 9.95. The Morgan fingerprint density at radius 1 is 1.17 bits per heavy atom. The molecule has 0 aliphatic heterocycles. The van der Waals surface area contributed by atoms with E-state index in [4.69, 9.17) is 0 Å². The van der Waals surface area contributed by atoms with Crippen LogP contribution in [0.15, 0.2) is 73.2 Å². The molecule has 0 bridgehead atoms. The minimum atomic E-state index is -0.181. The molecular formula is C24H29FN4. The van der Waals surface area contributed by atoms with Crippen LogP contribution in [0.3, 0.4) is 0 Å². The summed E-state index contributed by atoms with van der Waals surface area (Å²) in [6.07, 6.45) is 5.66. The maximum Gasteiger partial charge on any atom is 0.126 e. The largest absolute Gasteiger partial charge is 0.390 e. The van der Waals surface area contributed by atoms with E-state index >= 15 is 0 Å². The fraction of sp³-hybridized carbons (Fsp3) is 0.292. The van der Waals surface area contributed by atoms with Crippen molar-refractivity contribution in [1.82, 2.24) is 20.4 Å². The average Bonchev–Trinajstić information content (AvgIpc) is 3.15. The maximum absolute atomic E-state index is 13.9. The normalized spacial score (nSPS) is 13.1. The van der Waals surface area contributed by atoms with E-state index in [1.807, 2.05) is 61.5 Å². The summed E-state index contributed by atoms with van der Waals surface area (Å²) in [6.45, 7) is 6.01. The molecule has 3 aromatic rings. The summed E-state index contributed by atoms with van der Waals surface area (Å²) in [7, 11) is 3.80. The van der Waals surface area contributed by atoms with Crippen molar-refractivity contribution < 1.29 is 4.39 Å². The second kappa shape index (κ2) is 9.52. The van der Waals surface area contributed by atoms with E-state index in [1.165, 1.54) is 5.56 Å². The molecule has 0 aliphatic rings. The first-order valence-corrected chi connectivity index (χ1v) is 9.89. The Morgan fingerprint density at radius 2 is 1.93 bits per heavy atom. The highest BCUT2D eigenvalue weighted by Crippen LogP contribution is 2.28. The highest BCUT2D eigenvalue weighted by Gasteiger charge is 2.21. The minimum Gasteiger partial charge on any atom is -0.390 e. The molecule has 0 saturated heterocycles. The second-order valence-electron chi connectivity index (χ2n) is 7.41. The number of rotatable bonds is 9. The Bertz CT molecular complexity index is 949. The summed E-state index contributed by atoms with van der Waals surface area (Å²) >= 11 is 0. The van der Waals surface area contributed by atoms with Gasteiger partial charge in [-0.05, 0) is 48.1 Å². The second-order valence-corrected chi connectivity index (χ2v) is 7.41. The Labute approximate surface area is 172 Å². The van der Waals surface area contributed by atoms with Crippen LogP contribution in [0.25, 0.3) is 0 Å². The fourth-order valence-corrected chi connectivity index (χ4v) is 3.53. The van der Waals surface area contributed by atoms with Crippen LogP contribution in [0.2, 0.25) is 0 Å². The molecule has 4 nitrogen and oxygen atoms in total. The summed E-state index contributed by atoms with van der Waals surface area (Å²) < 4.78 is 15.7. The van der Waals surface area contributed by atoms with E-state index < -0.39 is 0 Å². The van der Waals surface area contributed by atoms with Crippen LogP contribution in [-0.4, -0.2) is 16.8 Å². The molecule has 0 saturated carbocycles. The predicted octanol–water partition coefficient (Wildman–Crippen LogP) is 4.61. The molecule has 152 valence electrons. The monoisotopic (exact) mass is 392 g/mol. The zero-order valence-electron chi connectivity index (χ0n) is 17.3. The van der Waals surface area contributed by atoms with Gasteiger partial charge in [-0.2, -0.15) is 5.10 Å². The van der Waals surface area contributed by atoms with Crippen LogP contribution in [0, 0.1) is 12.7 Å². The lowest BCUT2D eigenvalue weighted by molar-refractivity contribution is 0.445. The van der Waals surface area contributed by atoms with Crippen LogP contribution >= 0.6 is 0 Å². The Balaban J connectivity index is 1.89. The summed E-state index contributed by atoms with van der Waals surface area (Å²) in [5, 5.41) is 11.2. The van der Waals surface area contributed by atoms with E-state index in [0.29, 0.717) is 5.56 Å². The fourth-order valence-electron chi connectivity index (χ4n) is 3.53. The van der Waals surface area contributed by atoms with Crippen molar-refractivity contribution in [3.05, 3.63) is 101 Å². The Hall–Kier alpha value is -2.92. The summed E-state index contributed by atoms with van der Waals surface area (Å²) in [6, 6.07) is 15.6. The number of benzene rings is 2. The van der Waals surface area contributed by atoms with Crippen molar-refractivity contribution in [2.24, 2.45) is 7.05 Å². The molecule has 0 aliphatic carbocycles. The SMILES string of the molecule is C=C(NC)C(NC(CCc1cnn(C)c1)c1ccc(F)c(C)c1)c1ccccc1. The lowest BCUT2D eigenvalue weighted by Crippen LogP contribution is -2.31. The number of nitrogens with one attached hydrogen (secondary N) is 2. The quantitative estimate of drug-likeness (QED) is 0.559. The van der Waals surface area contributed by atoms with Gasteiger partial charge in [-0.3, -0.25) is 10.00 Å². The third kappa shape index (κ3) is 5.33. The molecule has 2 N–H and O–H groups in total. The van der Waals surface area contributed by atoms with Gasteiger partial charge in [0.1, 0.15) is 5.82 Å². The Morgan fingerprint density at radius 3 is 2.55 bits per heavy atom. The van der Waals surface area contributed by atoms with Crippen molar-refractivity contribution in [3.63, 3.8) is 0 Å². The molecule has 1 aromatic heterocycles. The van der Waals surface area contributed by atoms with Gasteiger partial charge in [0.05, 0.1) is 12.2 Å². The van der Waals surface area contributed by atoms with Gasteiger partial charge in [0.25, 0.3) is 0 Å². The molecule has 5 heteroatoms. The predicted molar refractivity (Wildman–Crippen MR) is 116 cm³/mol. The lowest BCUT2D eigenvalue weighted by Gasteiger charge is -2.28. The molecule has 29 heavy (non-hydrogen) atoms. The zero-order chi connectivity index (χ0) is 20.8. The number of hydrogen-bond donors (Lipinski definition) is 2. The Kier molecular flexibility index (Phi) is 6.83. The van der Waals surface area contributed by atoms with Gasteiger partial charge < -0.3 is 5.32 Å². The van der Waals surface area contributed by atoms with E-state index in [-0.39, 0.29) is 17.9 Å². The first-order valence-electron chi connectivity index (χ1n) is 9.89. The van der Waals surface area contributed by atoms with Gasteiger partial charge in [-0.1, -0.05) is 49.0 Å².